The molecule has 6 aromatic carbocycles. The van der Waals surface area contributed by atoms with Gasteiger partial charge in [-0.25, -0.2) is 0 Å². The summed E-state index contributed by atoms with van der Waals surface area (Å²) in [5.74, 6) is 0.303. The summed E-state index contributed by atoms with van der Waals surface area (Å²) in [5, 5.41) is 0. The number of carbonyl (C=O) groups is 3. The van der Waals surface area contributed by atoms with Crippen LogP contribution in [0.25, 0.3) is 0 Å². The summed E-state index contributed by atoms with van der Waals surface area (Å²) < 4.78 is 0. The van der Waals surface area contributed by atoms with Crippen LogP contribution >= 0.6 is 35.3 Å². The lowest BCUT2D eigenvalue weighted by Crippen LogP contribution is -2.04. The number of hydrogen-bond donors (Lipinski definition) is 0. The van der Waals surface area contributed by atoms with E-state index in [1.807, 2.05) is 74.5 Å². The van der Waals surface area contributed by atoms with Gasteiger partial charge >= 0.3 is 0 Å². The minimum absolute atomic E-state index is 0.0688. The van der Waals surface area contributed by atoms with E-state index in [1.165, 1.54) is 14.7 Å². The van der Waals surface area contributed by atoms with Crippen molar-refractivity contribution in [2.45, 2.75) is 85.1 Å². The van der Waals surface area contributed by atoms with E-state index in [4.69, 9.17) is 0 Å². The van der Waals surface area contributed by atoms with E-state index in [1.54, 1.807) is 56.1 Å². The largest absolute Gasteiger partial charge is 0.300 e. The van der Waals surface area contributed by atoms with Crippen LogP contribution in [0, 0.1) is 0 Å². The van der Waals surface area contributed by atoms with Crippen LogP contribution in [0.15, 0.2) is 190 Å². The molecule has 0 N–H and O–H groups in total. The Balaban J connectivity index is 0.00000257. The van der Waals surface area contributed by atoms with Gasteiger partial charge in [0.15, 0.2) is 26.3 Å². The topological polar surface area (TPSA) is 51.2 Å². The molecule has 0 heterocycles. The molecule has 0 atom stereocenters. The van der Waals surface area contributed by atoms with Crippen molar-refractivity contribution in [1.29, 1.82) is 0 Å². The highest BCUT2D eigenvalue weighted by Gasteiger charge is 2.29. The fourth-order valence-corrected chi connectivity index (χ4v) is 9.72. The van der Waals surface area contributed by atoms with Crippen molar-refractivity contribution in [2.24, 2.45) is 0 Å². The number of rotatable bonds is 13. The minimum Gasteiger partial charge on any atom is -0.300 e. The maximum Gasteiger partial charge on any atom is 0.166 e. The van der Waals surface area contributed by atoms with Crippen molar-refractivity contribution < 1.29 is 14.4 Å². The number of Topliss-reactive ketones (excluding diaryl/α,β-unsaturated/α-hetero) is 3. The molecule has 0 aliphatic rings. The van der Waals surface area contributed by atoms with Gasteiger partial charge in [-0.1, -0.05) is 85.5 Å². The Hall–Kier alpha value is -4.27. The standard InChI is InChI=1S/C43H35O3S4.C2H6/c1-29(44)28-32-4-10-35(11-5-32)47-38-16-22-41(23-17-38)50(42-24-18-39(19-25-42)48-36-12-6-33(7-13-36)30(2)45)43-26-20-40(21-27-43)49-37-14-8-34(9-15-37)31(3)46;1-2/h4-27H,28H2,1-3H3;1-2H3/q+1;. The molecule has 0 aliphatic carbocycles. The van der Waals surface area contributed by atoms with Gasteiger partial charge in [0.1, 0.15) is 5.78 Å². The van der Waals surface area contributed by atoms with Gasteiger partial charge in [-0.3, -0.25) is 14.4 Å². The Morgan fingerprint density at radius 3 is 0.904 bits per heavy atom. The maximum absolute atomic E-state index is 11.7. The number of ketones is 3. The molecule has 0 fully saturated rings. The smallest absolute Gasteiger partial charge is 0.166 e. The summed E-state index contributed by atoms with van der Waals surface area (Å²) in [6, 6.07) is 50.1. The van der Waals surface area contributed by atoms with Crippen molar-refractivity contribution in [3.8, 4) is 0 Å². The first-order valence-electron chi connectivity index (χ1n) is 17.1. The van der Waals surface area contributed by atoms with Crippen molar-refractivity contribution in [3.63, 3.8) is 0 Å². The van der Waals surface area contributed by atoms with Crippen molar-refractivity contribution in [2.75, 3.05) is 0 Å². The Morgan fingerprint density at radius 2 is 0.654 bits per heavy atom. The van der Waals surface area contributed by atoms with Gasteiger partial charge in [-0.05, 0) is 136 Å². The van der Waals surface area contributed by atoms with Crippen LogP contribution in [0.4, 0.5) is 0 Å². The molecule has 0 bridgehead atoms. The van der Waals surface area contributed by atoms with Gasteiger partial charge in [-0.2, -0.15) is 0 Å². The lowest BCUT2D eigenvalue weighted by molar-refractivity contribution is -0.116. The summed E-state index contributed by atoms with van der Waals surface area (Å²) in [6.45, 7) is 8.79. The molecular weight excluding hydrogens is 717 g/mol. The fourth-order valence-electron chi connectivity index (χ4n) is 5.23. The Labute approximate surface area is 323 Å². The molecule has 52 heavy (non-hydrogen) atoms. The predicted octanol–water partition coefficient (Wildman–Crippen LogP) is 12.8. The first-order chi connectivity index (χ1) is 25.2. The highest BCUT2D eigenvalue weighted by Crippen LogP contribution is 2.37. The molecule has 0 saturated carbocycles. The molecule has 0 aliphatic heterocycles. The zero-order valence-corrected chi connectivity index (χ0v) is 33.2. The molecule has 6 aromatic rings. The lowest BCUT2D eigenvalue weighted by Gasteiger charge is -2.11. The summed E-state index contributed by atoms with van der Waals surface area (Å²) >= 11 is 5.08. The molecule has 3 nitrogen and oxygen atoms in total. The molecule has 0 aromatic heterocycles. The van der Waals surface area contributed by atoms with E-state index >= 15 is 0 Å². The Morgan fingerprint density at radius 1 is 0.404 bits per heavy atom. The lowest BCUT2D eigenvalue weighted by atomic mass is 10.1. The summed E-state index contributed by atoms with van der Waals surface area (Å²) in [6.07, 6.45) is 0.462. The average molecular weight is 758 g/mol. The molecule has 0 unspecified atom stereocenters. The third-order valence-corrected chi connectivity index (χ3v) is 13.1. The second-order valence-corrected chi connectivity index (χ2v) is 17.2. The van der Waals surface area contributed by atoms with Crippen molar-refractivity contribution in [1.82, 2.24) is 0 Å². The Bertz CT molecular complexity index is 1990. The number of benzene rings is 6. The monoisotopic (exact) mass is 757 g/mol. The normalized spacial score (nSPS) is 10.7. The highest BCUT2D eigenvalue weighted by atomic mass is 32.2. The highest BCUT2D eigenvalue weighted by molar-refractivity contribution is 8.00. The van der Waals surface area contributed by atoms with Crippen LogP contribution in [0.5, 0.6) is 0 Å². The minimum atomic E-state index is -0.339. The van der Waals surface area contributed by atoms with Crippen LogP contribution < -0.4 is 0 Å². The molecule has 262 valence electrons. The molecular formula is C45H41O3S4+. The van der Waals surface area contributed by atoms with Crippen LogP contribution in [-0.2, 0) is 22.1 Å². The number of carbonyl (C=O) groups excluding carboxylic acids is 3. The van der Waals surface area contributed by atoms with Crippen LogP contribution in [0.3, 0.4) is 0 Å². The molecule has 0 saturated heterocycles. The maximum atomic E-state index is 11.7. The second-order valence-electron chi connectivity index (χ2n) is 11.7. The van der Waals surface area contributed by atoms with Gasteiger partial charge < -0.3 is 0 Å². The third-order valence-electron chi connectivity index (χ3n) is 7.78. The Kier molecular flexibility index (Phi) is 14.2. The van der Waals surface area contributed by atoms with Crippen LogP contribution in [0.1, 0.15) is 60.9 Å². The van der Waals surface area contributed by atoms with E-state index in [0.717, 1.165) is 46.1 Å². The van der Waals surface area contributed by atoms with E-state index in [9.17, 15) is 14.4 Å². The van der Waals surface area contributed by atoms with Gasteiger partial charge in [-0.15, -0.1) is 0 Å². The summed E-state index contributed by atoms with van der Waals surface area (Å²) in [7, 11) is -0.339. The number of hydrogen-bond acceptors (Lipinski definition) is 6. The fraction of sp³-hybridized carbons (Fsp3) is 0.133. The SMILES string of the molecule is CC.CC(=O)Cc1ccc(Sc2ccc([S+](c3ccc(Sc4ccc(C(C)=O)cc4)cc3)c3ccc(Sc4ccc(C(C)=O)cc4)cc3)cc2)cc1. The van der Waals surface area contributed by atoms with Gasteiger partial charge in [0.25, 0.3) is 0 Å². The quantitative estimate of drug-likeness (QED) is 0.0864. The second kappa shape index (κ2) is 19.0. The molecule has 0 radical (unpaired) electrons. The molecule has 0 spiro atoms. The van der Waals surface area contributed by atoms with Crippen molar-refractivity contribution >= 4 is 63.5 Å². The van der Waals surface area contributed by atoms with E-state index in [-0.39, 0.29) is 28.2 Å². The summed E-state index contributed by atoms with van der Waals surface area (Å²) in [4.78, 5) is 45.3. The van der Waals surface area contributed by atoms with E-state index in [2.05, 4.69) is 84.9 Å². The molecule has 7 heteroatoms. The first kappa shape index (κ1) is 38.9. The molecule has 6 rings (SSSR count). The third kappa shape index (κ3) is 10.9. The summed E-state index contributed by atoms with van der Waals surface area (Å²) in [5.41, 5.74) is 2.47. The van der Waals surface area contributed by atoms with E-state index in [0.29, 0.717) is 6.42 Å². The first-order valence-corrected chi connectivity index (χ1v) is 20.8. The zero-order chi connectivity index (χ0) is 37.0. The van der Waals surface area contributed by atoms with Crippen LogP contribution in [0.2, 0.25) is 0 Å². The average Bonchev–Trinajstić information content (AvgIpc) is 3.16. The van der Waals surface area contributed by atoms with E-state index < -0.39 is 0 Å². The van der Waals surface area contributed by atoms with Gasteiger partial charge in [0.05, 0.1) is 10.9 Å². The van der Waals surface area contributed by atoms with Crippen molar-refractivity contribution in [3.05, 3.63) is 162 Å². The zero-order valence-electron chi connectivity index (χ0n) is 29.9. The van der Waals surface area contributed by atoms with Gasteiger partial charge in [0.2, 0.25) is 0 Å². The predicted molar refractivity (Wildman–Crippen MR) is 219 cm³/mol. The van der Waals surface area contributed by atoms with Gasteiger partial charge in [0, 0.05) is 46.9 Å². The molecule has 0 amide bonds. The van der Waals surface area contributed by atoms with Crippen LogP contribution in [-0.4, -0.2) is 17.3 Å².